The van der Waals surface area contributed by atoms with Gasteiger partial charge < -0.3 is 25.6 Å². The molecule has 0 spiro atoms. The van der Waals surface area contributed by atoms with E-state index in [9.17, 15) is 19.2 Å². The number of amides is 4. The molecule has 3 aliphatic heterocycles. The summed E-state index contributed by atoms with van der Waals surface area (Å²) in [5.74, 6) is -0.128. The van der Waals surface area contributed by atoms with Gasteiger partial charge in [-0.3, -0.25) is 24.1 Å². The van der Waals surface area contributed by atoms with Crippen LogP contribution in [0.25, 0.3) is 0 Å². The fourth-order valence-corrected chi connectivity index (χ4v) is 7.06. The van der Waals surface area contributed by atoms with E-state index >= 15 is 0 Å². The van der Waals surface area contributed by atoms with Gasteiger partial charge >= 0.3 is 0 Å². The van der Waals surface area contributed by atoms with E-state index in [1.165, 1.54) is 0 Å². The molecule has 3 fully saturated rings. The summed E-state index contributed by atoms with van der Waals surface area (Å²) in [7, 11) is 0. The number of ether oxygens (including phenoxy) is 1. The van der Waals surface area contributed by atoms with E-state index in [-0.39, 0.29) is 67.9 Å². The van der Waals surface area contributed by atoms with Gasteiger partial charge in [-0.2, -0.15) is 0 Å². The number of carbonyl (C=O) groups is 4. The Balaban J connectivity index is 1.23. The second-order valence-electron chi connectivity index (χ2n) is 11.9. The maximum atomic E-state index is 14.2. The number of benzene rings is 2. The Kier molecular flexibility index (Phi) is 8.41. The molecule has 0 radical (unpaired) electrons. The first-order valence-corrected chi connectivity index (χ1v) is 15.1. The lowest BCUT2D eigenvalue weighted by molar-refractivity contribution is -0.142. The van der Waals surface area contributed by atoms with Crippen LogP contribution in [0.3, 0.4) is 0 Å². The van der Waals surface area contributed by atoms with E-state index in [1.54, 1.807) is 17.0 Å². The SMILES string of the molecule is O=C1Cc2ccccc2CNC(=O)[C@@H]2C[C@H](NC(=O)COc3ccccc3)CN2C(=O)[C@@H]2C[C@H](CN2C2CCCC2)N1. The van der Waals surface area contributed by atoms with Crippen molar-refractivity contribution < 1.29 is 23.9 Å². The lowest BCUT2D eigenvalue weighted by atomic mass is 10.0. The summed E-state index contributed by atoms with van der Waals surface area (Å²) >= 11 is 0. The topological polar surface area (TPSA) is 120 Å². The summed E-state index contributed by atoms with van der Waals surface area (Å²) < 4.78 is 5.60. The smallest absolute Gasteiger partial charge is 0.258 e. The van der Waals surface area contributed by atoms with E-state index in [4.69, 9.17) is 4.74 Å². The van der Waals surface area contributed by atoms with Crippen LogP contribution in [0.5, 0.6) is 5.75 Å². The summed E-state index contributed by atoms with van der Waals surface area (Å²) in [4.78, 5) is 57.7. The number of nitrogens with one attached hydrogen (secondary N) is 3. The van der Waals surface area contributed by atoms with Crippen molar-refractivity contribution in [2.75, 3.05) is 19.7 Å². The average molecular weight is 574 g/mol. The molecular formula is C32H39N5O5. The summed E-state index contributed by atoms with van der Waals surface area (Å²) in [6.45, 7) is 0.970. The summed E-state index contributed by atoms with van der Waals surface area (Å²) in [5, 5.41) is 9.20. The number of hydrogen-bond donors (Lipinski definition) is 3. The van der Waals surface area contributed by atoms with Crippen molar-refractivity contribution in [3.63, 3.8) is 0 Å². The minimum atomic E-state index is -0.702. The Bertz CT molecular complexity index is 1310. The molecule has 1 saturated carbocycles. The van der Waals surface area contributed by atoms with Crippen LogP contribution < -0.4 is 20.7 Å². The molecule has 2 aromatic carbocycles. The molecule has 6 rings (SSSR count). The van der Waals surface area contributed by atoms with Crippen LogP contribution in [0, 0.1) is 0 Å². The largest absolute Gasteiger partial charge is 0.484 e. The highest BCUT2D eigenvalue weighted by atomic mass is 16.5. The van der Waals surface area contributed by atoms with Gasteiger partial charge in [-0.05, 0) is 48.9 Å². The Morgan fingerprint density at radius 3 is 2.43 bits per heavy atom. The highest BCUT2D eigenvalue weighted by Gasteiger charge is 2.48. The normalized spacial score (nSPS) is 27.0. The minimum absolute atomic E-state index is 0.0742. The summed E-state index contributed by atoms with van der Waals surface area (Å²) in [5.41, 5.74) is 1.74. The first kappa shape index (κ1) is 28.2. The number of para-hydroxylation sites is 1. The second-order valence-corrected chi connectivity index (χ2v) is 11.9. The Labute approximate surface area is 246 Å². The maximum Gasteiger partial charge on any atom is 0.258 e. The number of carbonyl (C=O) groups excluding carboxylic acids is 4. The van der Waals surface area contributed by atoms with Crippen LogP contribution in [0.2, 0.25) is 0 Å². The van der Waals surface area contributed by atoms with Gasteiger partial charge in [-0.15, -0.1) is 0 Å². The van der Waals surface area contributed by atoms with Crippen LogP contribution in [0.15, 0.2) is 54.6 Å². The summed E-state index contributed by atoms with van der Waals surface area (Å²) in [6, 6.07) is 15.4. The van der Waals surface area contributed by atoms with Crippen molar-refractivity contribution in [1.29, 1.82) is 0 Å². The van der Waals surface area contributed by atoms with Gasteiger partial charge in [0, 0.05) is 37.8 Å². The quantitative estimate of drug-likeness (QED) is 0.499. The lowest BCUT2D eigenvalue weighted by Gasteiger charge is -2.33. The van der Waals surface area contributed by atoms with Gasteiger partial charge in [0.2, 0.25) is 17.7 Å². The van der Waals surface area contributed by atoms with Gasteiger partial charge in [0.1, 0.15) is 11.8 Å². The third kappa shape index (κ3) is 6.28. The fourth-order valence-electron chi connectivity index (χ4n) is 7.06. The van der Waals surface area contributed by atoms with Crippen molar-refractivity contribution in [1.82, 2.24) is 25.8 Å². The fraction of sp³-hybridized carbons (Fsp3) is 0.500. The van der Waals surface area contributed by atoms with Crippen molar-refractivity contribution in [2.45, 2.75) is 81.7 Å². The molecule has 2 aromatic rings. The number of likely N-dealkylation sites (tertiary alicyclic amines) is 1. The average Bonchev–Trinajstić information content (AvgIpc) is 3.75. The zero-order valence-electron chi connectivity index (χ0n) is 23.8. The molecule has 0 unspecified atom stereocenters. The Hall–Kier alpha value is -3.92. The molecule has 2 saturated heterocycles. The van der Waals surface area contributed by atoms with E-state index < -0.39 is 12.1 Å². The van der Waals surface area contributed by atoms with Gasteiger partial charge in [0.15, 0.2) is 6.61 Å². The molecule has 4 atom stereocenters. The predicted molar refractivity (Wildman–Crippen MR) is 155 cm³/mol. The highest BCUT2D eigenvalue weighted by molar-refractivity contribution is 5.91. The molecule has 2 bridgehead atoms. The molecule has 10 nitrogen and oxygen atoms in total. The van der Waals surface area contributed by atoms with Crippen LogP contribution in [-0.4, -0.2) is 83.3 Å². The van der Waals surface area contributed by atoms with Gasteiger partial charge in [-0.1, -0.05) is 55.3 Å². The third-order valence-electron chi connectivity index (χ3n) is 9.07. The zero-order valence-corrected chi connectivity index (χ0v) is 23.8. The zero-order chi connectivity index (χ0) is 29.1. The molecule has 1 aliphatic carbocycles. The van der Waals surface area contributed by atoms with E-state index in [0.717, 1.165) is 36.8 Å². The van der Waals surface area contributed by atoms with Crippen LogP contribution in [0.1, 0.15) is 49.7 Å². The standard InChI is InChI=1S/C32H39N5O5/c38-29-14-21-8-4-5-9-22(21)17-33-31(40)27-15-23(35-30(39)20-42-26-12-2-1-3-13-26)19-37(27)32(41)28-16-24(34-29)18-36(28)25-10-6-7-11-25/h1-5,8-9,12-13,23-25,27-28H,6-7,10-11,14-20H2,(H,33,40)(H,34,38)(H,35,39)/t23-,24+,27-,28-/m0/s1. The minimum Gasteiger partial charge on any atom is -0.484 e. The number of fused-ring (bicyclic) bond motifs is 4. The van der Waals surface area contributed by atoms with Gasteiger partial charge in [0.05, 0.1) is 12.5 Å². The van der Waals surface area contributed by atoms with E-state index in [2.05, 4.69) is 20.9 Å². The molecule has 4 aliphatic rings. The maximum absolute atomic E-state index is 14.2. The molecular weight excluding hydrogens is 534 g/mol. The molecule has 42 heavy (non-hydrogen) atoms. The molecule has 4 amide bonds. The van der Waals surface area contributed by atoms with Crippen molar-refractivity contribution in [3.8, 4) is 5.75 Å². The Morgan fingerprint density at radius 1 is 0.905 bits per heavy atom. The van der Waals surface area contributed by atoms with Gasteiger partial charge in [-0.25, -0.2) is 0 Å². The van der Waals surface area contributed by atoms with Crippen LogP contribution in [0.4, 0.5) is 0 Å². The first-order valence-electron chi connectivity index (χ1n) is 15.1. The van der Waals surface area contributed by atoms with Crippen LogP contribution in [-0.2, 0) is 32.1 Å². The monoisotopic (exact) mass is 573 g/mol. The number of hydrogen-bond acceptors (Lipinski definition) is 6. The summed E-state index contributed by atoms with van der Waals surface area (Å²) in [6.07, 6.45) is 5.37. The highest BCUT2D eigenvalue weighted by Crippen LogP contribution is 2.33. The molecule has 222 valence electrons. The second kappa shape index (κ2) is 12.5. The van der Waals surface area contributed by atoms with E-state index in [1.807, 2.05) is 42.5 Å². The molecule has 0 aromatic heterocycles. The van der Waals surface area contributed by atoms with Crippen molar-refractivity contribution >= 4 is 23.6 Å². The predicted octanol–water partition coefficient (Wildman–Crippen LogP) is 1.53. The van der Waals surface area contributed by atoms with E-state index in [0.29, 0.717) is 25.1 Å². The Morgan fingerprint density at radius 2 is 1.64 bits per heavy atom. The first-order chi connectivity index (χ1) is 20.4. The van der Waals surface area contributed by atoms with Crippen molar-refractivity contribution in [2.24, 2.45) is 0 Å². The molecule has 10 heteroatoms. The number of nitrogens with zero attached hydrogens (tertiary/aromatic N) is 2. The number of rotatable bonds is 5. The molecule has 3 N–H and O–H groups in total. The third-order valence-corrected chi connectivity index (χ3v) is 9.07. The lowest BCUT2D eigenvalue weighted by Crippen LogP contribution is -2.53. The van der Waals surface area contributed by atoms with Gasteiger partial charge in [0.25, 0.3) is 5.91 Å². The van der Waals surface area contributed by atoms with Crippen molar-refractivity contribution in [3.05, 3.63) is 65.7 Å². The molecule has 3 heterocycles. The van der Waals surface area contributed by atoms with Crippen LogP contribution >= 0.6 is 0 Å².